The van der Waals surface area contributed by atoms with Gasteiger partial charge in [-0.1, -0.05) is 18.2 Å². The molecule has 4 atom stereocenters. The van der Waals surface area contributed by atoms with E-state index in [1.807, 2.05) is 0 Å². The minimum atomic E-state index is -4.48. The number of rotatable bonds is 6. The molecule has 0 bridgehead atoms. The monoisotopic (exact) mass is 420 g/mol. The van der Waals surface area contributed by atoms with Gasteiger partial charge < -0.3 is 14.9 Å². The van der Waals surface area contributed by atoms with Gasteiger partial charge >= 0.3 is 18.1 Å². The smallest absolute Gasteiger partial charge is 0.416 e. The summed E-state index contributed by atoms with van der Waals surface area (Å²) in [6, 6.07) is 11.1. The van der Waals surface area contributed by atoms with Gasteiger partial charge in [0, 0.05) is 5.41 Å². The molecule has 5 nitrogen and oxygen atoms in total. The molecule has 0 spiro atoms. The van der Waals surface area contributed by atoms with Crippen molar-refractivity contribution in [3.05, 3.63) is 59.7 Å². The number of benzene rings is 2. The summed E-state index contributed by atoms with van der Waals surface area (Å²) in [5.41, 5.74) is -0.955. The van der Waals surface area contributed by atoms with Crippen molar-refractivity contribution in [1.82, 2.24) is 0 Å². The van der Waals surface area contributed by atoms with Crippen LogP contribution in [0, 0.1) is 23.2 Å². The van der Waals surface area contributed by atoms with Crippen molar-refractivity contribution >= 4 is 11.9 Å². The Hall–Kier alpha value is -3.03. The fourth-order valence-corrected chi connectivity index (χ4v) is 5.13. The summed E-state index contributed by atoms with van der Waals surface area (Å²) >= 11 is 0. The van der Waals surface area contributed by atoms with Gasteiger partial charge in [-0.05, 0) is 61.1 Å². The first-order valence-corrected chi connectivity index (χ1v) is 9.52. The van der Waals surface area contributed by atoms with Crippen molar-refractivity contribution < 1.29 is 37.7 Å². The van der Waals surface area contributed by atoms with Crippen LogP contribution in [0.3, 0.4) is 0 Å². The second kappa shape index (κ2) is 7.04. The van der Waals surface area contributed by atoms with Crippen molar-refractivity contribution in [2.75, 3.05) is 0 Å². The van der Waals surface area contributed by atoms with Gasteiger partial charge in [-0.15, -0.1) is 0 Å². The second-order valence-electron chi connectivity index (χ2n) is 7.95. The lowest BCUT2D eigenvalue weighted by molar-refractivity contribution is -0.146. The van der Waals surface area contributed by atoms with E-state index in [9.17, 15) is 33.0 Å². The zero-order chi connectivity index (χ0) is 21.7. The van der Waals surface area contributed by atoms with E-state index in [2.05, 4.69) is 0 Å². The molecule has 2 aliphatic carbocycles. The molecule has 2 aromatic rings. The molecular formula is C22H19F3O5. The zero-order valence-corrected chi connectivity index (χ0v) is 15.7. The third kappa shape index (κ3) is 3.40. The van der Waals surface area contributed by atoms with E-state index >= 15 is 0 Å². The van der Waals surface area contributed by atoms with Crippen molar-refractivity contribution in [2.24, 2.45) is 23.2 Å². The molecule has 0 aromatic heterocycles. The lowest BCUT2D eigenvalue weighted by Gasteiger charge is -2.21. The number of hydrogen-bond donors (Lipinski definition) is 2. The van der Waals surface area contributed by atoms with Gasteiger partial charge in [0.25, 0.3) is 0 Å². The maximum absolute atomic E-state index is 12.9. The Kier molecular flexibility index (Phi) is 4.75. The zero-order valence-electron chi connectivity index (χ0n) is 15.7. The highest BCUT2D eigenvalue weighted by molar-refractivity contribution is 5.81. The predicted molar refractivity (Wildman–Crippen MR) is 99.1 cm³/mol. The maximum Gasteiger partial charge on any atom is 0.416 e. The number of fused-ring (bicyclic) bond motifs is 1. The molecule has 2 aliphatic rings. The van der Waals surface area contributed by atoms with E-state index in [-0.39, 0.29) is 18.1 Å². The molecule has 0 heterocycles. The van der Waals surface area contributed by atoms with E-state index in [1.54, 1.807) is 24.3 Å². The number of alkyl halides is 3. The first-order valence-electron chi connectivity index (χ1n) is 9.52. The summed E-state index contributed by atoms with van der Waals surface area (Å²) in [5, 5.41) is 19.1. The average Bonchev–Trinajstić information content (AvgIpc) is 3.14. The van der Waals surface area contributed by atoms with Crippen LogP contribution in [0.1, 0.15) is 24.0 Å². The van der Waals surface area contributed by atoms with E-state index < -0.39 is 40.9 Å². The average molecular weight is 420 g/mol. The Labute approximate surface area is 170 Å². The summed E-state index contributed by atoms with van der Waals surface area (Å²) in [4.78, 5) is 23.4. The fraction of sp³-hybridized carbons (Fsp3) is 0.364. The van der Waals surface area contributed by atoms with Gasteiger partial charge in [-0.3, -0.25) is 9.59 Å². The van der Waals surface area contributed by atoms with Crippen molar-refractivity contribution in [3.8, 4) is 11.5 Å². The third-order valence-corrected chi connectivity index (χ3v) is 6.35. The Morgan fingerprint density at radius 2 is 1.67 bits per heavy atom. The second-order valence-corrected chi connectivity index (χ2v) is 7.95. The Balaban J connectivity index is 1.57. The van der Waals surface area contributed by atoms with Gasteiger partial charge in [0.2, 0.25) is 0 Å². The third-order valence-electron chi connectivity index (χ3n) is 6.35. The van der Waals surface area contributed by atoms with E-state index in [0.717, 1.165) is 12.1 Å². The molecule has 0 saturated heterocycles. The number of ether oxygens (including phenoxy) is 1. The first-order chi connectivity index (χ1) is 14.1. The van der Waals surface area contributed by atoms with Crippen molar-refractivity contribution in [3.63, 3.8) is 0 Å². The van der Waals surface area contributed by atoms with Crippen LogP contribution in [0.2, 0.25) is 0 Å². The molecule has 4 rings (SSSR count). The molecule has 2 aromatic carbocycles. The molecule has 8 heteroatoms. The van der Waals surface area contributed by atoms with Crippen LogP contribution in [-0.4, -0.2) is 22.2 Å². The van der Waals surface area contributed by atoms with Gasteiger partial charge in [0.1, 0.15) is 11.5 Å². The molecule has 2 saturated carbocycles. The number of hydrogen-bond acceptors (Lipinski definition) is 3. The van der Waals surface area contributed by atoms with Crippen LogP contribution in [0.5, 0.6) is 11.5 Å². The van der Waals surface area contributed by atoms with Crippen LogP contribution in [0.15, 0.2) is 48.5 Å². The van der Waals surface area contributed by atoms with Gasteiger partial charge in [-0.25, -0.2) is 0 Å². The highest BCUT2D eigenvalue weighted by Gasteiger charge is 2.75. The molecule has 2 N–H and O–H groups in total. The topological polar surface area (TPSA) is 83.8 Å². The maximum atomic E-state index is 12.9. The summed E-state index contributed by atoms with van der Waals surface area (Å²) < 4.78 is 44.3. The summed E-state index contributed by atoms with van der Waals surface area (Å²) in [7, 11) is 0. The minimum absolute atomic E-state index is 0.0251. The van der Waals surface area contributed by atoms with Crippen LogP contribution in [-0.2, 0) is 22.2 Å². The molecule has 30 heavy (non-hydrogen) atoms. The number of carboxylic acid groups (broad SMARTS) is 2. The highest BCUT2D eigenvalue weighted by atomic mass is 19.4. The van der Waals surface area contributed by atoms with Gasteiger partial charge in [-0.2, -0.15) is 13.2 Å². The lowest BCUT2D eigenvalue weighted by Crippen LogP contribution is -2.28. The van der Waals surface area contributed by atoms with Gasteiger partial charge in [0.15, 0.2) is 0 Å². The molecule has 2 fully saturated rings. The SMILES string of the molecule is O=C(O)C1CCC2C(C(=O)O)C12Cc1cccc(Oc2cccc(C(F)(F)F)c2)c1. The van der Waals surface area contributed by atoms with Gasteiger partial charge in [0.05, 0.1) is 17.4 Å². The summed E-state index contributed by atoms with van der Waals surface area (Å²) in [5.74, 6) is -3.24. The van der Waals surface area contributed by atoms with E-state index in [4.69, 9.17) is 4.74 Å². The van der Waals surface area contributed by atoms with Crippen LogP contribution in [0.25, 0.3) is 0 Å². The summed E-state index contributed by atoms with van der Waals surface area (Å²) in [6.07, 6.45) is -3.20. The largest absolute Gasteiger partial charge is 0.481 e. The fourth-order valence-electron chi connectivity index (χ4n) is 5.13. The normalized spacial score (nSPS) is 27.4. The quantitative estimate of drug-likeness (QED) is 0.698. The summed E-state index contributed by atoms with van der Waals surface area (Å²) in [6.45, 7) is 0. The Morgan fingerprint density at radius 1 is 1.00 bits per heavy atom. The molecule has 158 valence electrons. The number of halogens is 3. The molecule has 0 radical (unpaired) electrons. The highest BCUT2D eigenvalue weighted by Crippen LogP contribution is 2.72. The minimum Gasteiger partial charge on any atom is -0.481 e. The number of carboxylic acids is 2. The van der Waals surface area contributed by atoms with Crippen LogP contribution in [0.4, 0.5) is 13.2 Å². The van der Waals surface area contributed by atoms with Crippen LogP contribution < -0.4 is 4.74 Å². The first kappa shape index (κ1) is 20.3. The molecule has 0 amide bonds. The Bertz CT molecular complexity index is 1000. The van der Waals surface area contributed by atoms with E-state index in [0.29, 0.717) is 24.2 Å². The molecular weight excluding hydrogens is 401 g/mol. The van der Waals surface area contributed by atoms with Crippen LogP contribution >= 0.6 is 0 Å². The molecule has 4 unspecified atom stereocenters. The van der Waals surface area contributed by atoms with Crippen molar-refractivity contribution in [1.29, 1.82) is 0 Å². The molecule has 0 aliphatic heterocycles. The standard InChI is InChI=1S/C22H19F3O5/c23-22(24,25)13-4-2-6-15(10-13)30-14-5-1-3-12(9-14)11-21-16(18(21)20(28)29)7-8-17(21)19(26)27/h1-6,9-10,16-18H,7-8,11H2,(H,26,27)(H,28,29). The van der Waals surface area contributed by atoms with Crippen molar-refractivity contribution in [2.45, 2.75) is 25.4 Å². The number of carbonyl (C=O) groups is 2. The Morgan fingerprint density at radius 3 is 2.27 bits per heavy atom. The van der Waals surface area contributed by atoms with E-state index in [1.165, 1.54) is 12.1 Å². The lowest BCUT2D eigenvalue weighted by atomic mass is 9.82. The number of aliphatic carboxylic acids is 2. The predicted octanol–water partition coefficient (Wildman–Crippen LogP) is 4.85.